The number of benzene rings is 2. The van der Waals surface area contributed by atoms with Crippen LogP contribution >= 0.6 is 11.3 Å². The lowest BCUT2D eigenvalue weighted by Crippen LogP contribution is -2.22. The van der Waals surface area contributed by atoms with E-state index in [0.717, 1.165) is 11.6 Å². The third-order valence-electron chi connectivity index (χ3n) is 4.56. The van der Waals surface area contributed by atoms with Gasteiger partial charge in [-0.05, 0) is 42.5 Å². The highest BCUT2D eigenvalue weighted by molar-refractivity contribution is 7.13. The van der Waals surface area contributed by atoms with Crippen molar-refractivity contribution in [1.29, 1.82) is 0 Å². The molecular formula is C23H17F3N2O3S. The third kappa shape index (κ3) is 5.17. The predicted molar refractivity (Wildman–Crippen MR) is 113 cm³/mol. The summed E-state index contributed by atoms with van der Waals surface area (Å²) in [5.41, 5.74) is 0.412. The molecule has 1 N–H and O–H groups in total. The summed E-state index contributed by atoms with van der Waals surface area (Å²) < 4.78 is 50.0. The lowest BCUT2D eigenvalue weighted by molar-refractivity contribution is -0.138. The number of carbonyl (C=O) groups excluding carboxylic acids is 1. The molecule has 0 spiro atoms. The Hall–Kier alpha value is -3.59. The van der Waals surface area contributed by atoms with E-state index < -0.39 is 11.7 Å². The van der Waals surface area contributed by atoms with Crippen molar-refractivity contribution in [1.82, 2.24) is 10.3 Å². The van der Waals surface area contributed by atoms with E-state index >= 15 is 0 Å². The molecule has 4 aromatic rings. The summed E-state index contributed by atoms with van der Waals surface area (Å²) in [5, 5.41) is 5.03. The topological polar surface area (TPSA) is 64.4 Å². The monoisotopic (exact) mass is 458 g/mol. The van der Waals surface area contributed by atoms with Crippen molar-refractivity contribution >= 4 is 17.2 Å². The number of hydrogen-bond donors (Lipinski definition) is 1. The van der Waals surface area contributed by atoms with E-state index in [-0.39, 0.29) is 24.6 Å². The SMILES string of the molecule is O=C(NCc1ccco1)c1csc(-c2ccc(OCc3ccccc3C(F)(F)F)cc2)n1. The summed E-state index contributed by atoms with van der Waals surface area (Å²) >= 11 is 1.31. The van der Waals surface area contributed by atoms with E-state index in [0.29, 0.717) is 22.2 Å². The molecule has 32 heavy (non-hydrogen) atoms. The van der Waals surface area contributed by atoms with Gasteiger partial charge in [-0.3, -0.25) is 4.79 Å². The van der Waals surface area contributed by atoms with Crippen molar-refractivity contribution in [3.63, 3.8) is 0 Å². The standard InChI is InChI=1S/C23H17F3N2O3S/c24-23(25,26)19-6-2-1-4-16(19)13-31-17-9-7-15(8-10-17)22-28-20(14-32-22)21(29)27-12-18-5-3-11-30-18/h1-11,14H,12-13H2,(H,27,29). The van der Waals surface area contributed by atoms with Crippen molar-refractivity contribution in [2.24, 2.45) is 0 Å². The lowest BCUT2D eigenvalue weighted by Gasteiger charge is -2.13. The van der Waals surface area contributed by atoms with Gasteiger partial charge in [0.15, 0.2) is 0 Å². The number of alkyl halides is 3. The highest BCUT2D eigenvalue weighted by Crippen LogP contribution is 2.32. The molecule has 9 heteroatoms. The fourth-order valence-electron chi connectivity index (χ4n) is 2.96. The smallest absolute Gasteiger partial charge is 0.416 e. The molecule has 0 fully saturated rings. The average molecular weight is 458 g/mol. The minimum Gasteiger partial charge on any atom is -0.489 e. The van der Waals surface area contributed by atoms with Crippen molar-refractivity contribution in [3.05, 3.63) is 94.9 Å². The minimum atomic E-state index is -4.43. The summed E-state index contributed by atoms with van der Waals surface area (Å²) in [6.07, 6.45) is -2.90. The van der Waals surface area contributed by atoms with Gasteiger partial charge in [0.2, 0.25) is 0 Å². The van der Waals surface area contributed by atoms with Crippen LogP contribution in [0.4, 0.5) is 13.2 Å². The molecule has 2 aromatic carbocycles. The molecular weight excluding hydrogens is 441 g/mol. The van der Waals surface area contributed by atoms with Crippen LogP contribution in [0.5, 0.6) is 5.75 Å². The molecule has 0 saturated carbocycles. The maximum Gasteiger partial charge on any atom is 0.416 e. The molecule has 0 aliphatic heterocycles. The van der Waals surface area contributed by atoms with Crippen LogP contribution in [0.15, 0.2) is 76.7 Å². The minimum absolute atomic E-state index is 0.0641. The summed E-state index contributed by atoms with van der Waals surface area (Å²) in [4.78, 5) is 16.6. The molecule has 0 radical (unpaired) electrons. The first-order valence-electron chi connectivity index (χ1n) is 9.54. The molecule has 0 aliphatic carbocycles. The summed E-state index contributed by atoms with van der Waals surface area (Å²) in [6, 6.07) is 15.6. The second kappa shape index (κ2) is 9.27. The Balaban J connectivity index is 1.38. The number of halogens is 3. The molecule has 0 unspecified atom stereocenters. The number of rotatable bonds is 7. The quantitative estimate of drug-likeness (QED) is 0.373. The molecule has 0 atom stereocenters. The molecule has 164 valence electrons. The Morgan fingerprint density at radius 1 is 1.06 bits per heavy atom. The molecule has 0 bridgehead atoms. The Labute approximate surface area is 185 Å². The van der Waals surface area contributed by atoms with Crippen molar-refractivity contribution in [2.75, 3.05) is 0 Å². The second-order valence-electron chi connectivity index (χ2n) is 6.77. The highest BCUT2D eigenvalue weighted by atomic mass is 32.1. The van der Waals surface area contributed by atoms with Crippen molar-refractivity contribution in [3.8, 4) is 16.3 Å². The maximum absolute atomic E-state index is 13.1. The molecule has 4 rings (SSSR count). The van der Waals surface area contributed by atoms with Crippen LogP contribution in [0.1, 0.15) is 27.4 Å². The first kappa shape index (κ1) is 21.6. The predicted octanol–water partition coefficient (Wildman–Crippen LogP) is 5.93. The zero-order chi connectivity index (χ0) is 22.6. The third-order valence-corrected chi connectivity index (χ3v) is 5.45. The van der Waals surface area contributed by atoms with Crippen LogP contribution < -0.4 is 10.1 Å². The van der Waals surface area contributed by atoms with E-state index in [4.69, 9.17) is 9.15 Å². The van der Waals surface area contributed by atoms with Crippen LogP contribution in [0, 0.1) is 0 Å². The van der Waals surface area contributed by atoms with Gasteiger partial charge >= 0.3 is 6.18 Å². The van der Waals surface area contributed by atoms with Gasteiger partial charge in [-0.1, -0.05) is 18.2 Å². The molecule has 2 aromatic heterocycles. The van der Waals surface area contributed by atoms with Crippen LogP contribution in [0.25, 0.3) is 10.6 Å². The Morgan fingerprint density at radius 3 is 2.56 bits per heavy atom. The van der Waals surface area contributed by atoms with Gasteiger partial charge in [-0.15, -0.1) is 11.3 Å². The first-order chi connectivity index (χ1) is 15.4. The van der Waals surface area contributed by atoms with E-state index in [1.807, 2.05) is 0 Å². The van der Waals surface area contributed by atoms with Crippen LogP contribution in [-0.2, 0) is 19.3 Å². The molecule has 2 heterocycles. The average Bonchev–Trinajstić information content (AvgIpc) is 3.48. The maximum atomic E-state index is 13.1. The second-order valence-corrected chi connectivity index (χ2v) is 7.63. The van der Waals surface area contributed by atoms with Gasteiger partial charge in [0.1, 0.15) is 28.8 Å². The number of furan rings is 1. The number of amides is 1. The Morgan fingerprint density at radius 2 is 1.84 bits per heavy atom. The van der Waals surface area contributed by atoms with E-state index in [9.17, 15) is 18.0 Å². The van der Waals surface area contributed by atoms with Crippen LogP contribution in [0.3, 0.4) is 0 Å². The molecule has 5 nitrogen and oxygen atoms in total. The fraction of sp³-hybridized carbons (Fsp3) is 0.130. The fourth-order valence-corrected chi connectivity index (χ4v) is 3.77. The van der Waals surface area contributed by atoms with Gasteiger partial charge in [-0.25, -0.2) is 4.98 Å². The highest BCUT2D eigenvalue weighted by Gasteiger charge is 2.32. The lowest BCUT2D eigenvalue weighted by atomic mass is 10.1. The van der Waals surface area contributed by atoms with Crippen molar-refractivity contribution in [2.45, 2.75) is 19.3 Å². The van der Waals surface area contributed by atoms with Gasteiger partial charge in [0.25, 0.3) is 5.91 Å². The molecule has 0 saturated heterocycles. The van der Waals surface area contributed by atoms with E-state index in [1.54, 1.807) is 47.8 Å². The van der Waals surface area contributed by atoms with E-state index in [1.165, 1.54) is 29.7 Å². The van der Waals surface area contributed by atoms with E-state index in [2.05, 4.69) is 10.3 Å². The van der Waals surface area contributed by atoms with Crippen molar-refractivity contribution < 1.29 is 27.1 Å². The normalized spacial score (nSPS) is 11.3. The van der Waals surface area contributed by atoms with Gasteiger partial charge in [-0.2, -0.15) is 13.2 Å². The largest absolute Gasteiger partial charge is 0.489 e. The number of nitrogens with zero attached hydrogens (tertiary/aromatic N) is 1. The molecule has 1 amide bonds. The summed E-state index contributed by atoms with van der Waals surface area (Å²) in [6.45, 7) is 0.0640. The van der Waals surface area contributed by atoms with Gasteiger partial charge in [0.05, 0.1) is 18.4 Å². The Kier molecular flexibility index (Phi) is 6.27. The van der Waals surface area contributed by atoms with Gasteiger partial charge in [0, 0.05) is 16.5 Å². The number of nitrogens with one attached hydrogen (secondary N) is 1. The van der Waals surface area contributed by atoms with Crippen LogP contribution in [0.2, 0.25) is 0 Å². The number of carbonyl (C=O) groups is 1. The summed E-state index contributed by atoms with van der Waals surface area (Å²) in [7, 11) is 0. The van der Waals surface area contributed by atoms with Gasteiger partial charge < -0.3 is 14.5 Å². The molecule has 0 aliphatic rings. The zero-order valence-electron chi connectivity index (χ0n) is 16.6. The van der Waals surface area contributed by atoms with Crippen LogP contribution in [-0.4, -0.2) is 10.9 Å². The number of ether oxygens (including phenoxy) is 1. The number of thiazole rings is 1. The Bertz CT molecular complexity index is 1190. The number of aromatic nitrogens is 1. The zero-order valence-corrected chi connectivity index (χ0v) is 17.4. The number of hydrogen-bond acceptors (Lipinski definition) is 5. The summed E-state index contributed by atoms with van der Waals surface area (Å²) in [5.74, 6) is 0.758. The first-order valence-corrected chi connectivity index (χ1v) is 10.4.